The van der Waals surface area contributed by atoms with Crippen molar-refractivity contribution in [3.05, 3.63) is 15.8 Å². The van der Waals surface area contributed by atoms with E-state index in [9.17, 15) is 14.4 Å². The highest BCUT2D eigenvalue weighted by Gasteiger charge is 2.24. The summed E-state index contributed by atoms with van der Waals surface area (Å²) in [5, 5.41) is 13.3. The van der Waals surface area contributed by atoms with Crippen molar-refractivity contribution >= 4 is 46.6 Å². The number of thioether (sulfide) groups is 1. The Hall–Kier alpha value is -1.54. The molecular weight excluding hydrogens is 288 g/mol. The molecule has 1 aliphatic heterocycles. The molecule has 1 aromatic rings. The molecule has 0 unspecified atom stereocenters. The second-order valence-corrected chi connectivity index (χ2v) is 5.88. The highest BCUT2D eigenvalue weighted by molar-refractivity contribution is 8.00. The molecule has 0 saturated carbocycles. The van der Waals surface area contributed by atoms with E-state index in [0.717, 1.165) is 11.3 Å². The highest BCUT2D eigenvalue weighted by Crippen LogP contribution is 2.27. The molecule has 1 aliphatic rings. The Morgan fingerprint density at radius 1 is 1.53 bits per heavy atom. The standard InChI is InChI=1S/C11H12N2O4S2/c1-6-3-19-10(11(16)17)9(6)12-7(14)2-13-5-18-4-8(13)15/h3H,2,4-5H2,1H3,(H,12,14)(H,16,17). The number of nitrogens with zero attached hydrogens (tertiary/aromatic N) is 1. The zero-order chi connectivity index (χ0) is 14.0. The van der Waals surface area contributed by atoms with Gasteiger partial charge in [-0.3, -0.25) is 9.59 Å². The number of anilines is 1. The van der Waals surface area contributed by atoms with Crippen LogP contribution in [0.4, 0.5) is 5.69 Å². The average Bonchev–Trinajstić information content (AvgIpc) is 2.88. The van der Waals surface area contributed by atoms with E-state index in [2.05, 4.69) is 5.32 Å². The number of nitrogens with one attached hydrogen (secondary N) is 1. The molecule has 6 nitrogen and oxygen atoms in total. The maximum Gasteiger partial charge on any atom is 0.348 e. The van der Waals surface area contributed by atoms with Crippen LogP contribution in [0.3, 0.4) is 0 Å². The minimum absolute atomic E-state index is 0.0415. The number of rotatable bonds is 4. The van der Waals surface area contributed by atoms with Crippen molar-refractivity contribution in [2.24, 2.45) is 0 Å². The Kier molecular flexibility index (Phi) is 4.11. The molecule has 2 heterocycles. The van der Waals surface area contributed by atoms with E-state index in [1.165, 1.54) is 16.7 Å². The normalized spacial score (nSPS) is 14.8. The molecule has 8 heteroatoms. The zero-order valence-corrected chi connectivity index (χ0v) is 11.8. The summed E-state index contributed by atoms with van der Waals surface area (Å²) >= 11 is 2.53. The van der Waals surface area contributed by atoms with Crippen molar-refractivity contribution in [2.75, 3.05) is 23.5 Å². The van der Waals surface area contributed by atoms with Crippen LogP contribution in [0.25, 0.3) is 0 Å². The van der Waals surface area contributed by atoms with Crippen molar-refractivity contribution in [2.45, 2.75) is 6.92 Å². The van der Waals surface area contributed by atoms with Crippen LogP contribution in [-0.2, 0) is 9.59 Å². The summed E-state index contributed by atoms with van der Waals surface area (Å²) in [5.74, 6) is -0.618. The molecule has 0 aromatic carbocycles. The van der Waals surface area contributed by atoms with Crippen LogP contribution in [-0.4, -0.2) is 46.0 Å². The number of amides is 2. The Labute approximate surface area is 117 Å². The van der Waals surface area contributed by atoms with Gasteiger partial charge < -0.3 is 15.3 Å². The lowest BCUT2D eigenvalue weighted by atomic mass is 10.2. The summed E-state index contributed by atoms with van der Waals surface area (Å²) in [6.45, 7) is 1.69. The topological polar surface area (TPSA) is 86.7 Å². The fourth-order valence-corrected chi connectivity index (χ4v) is 3.40. The molecule has 0 radical (unpaired) electrons. The van der Waals surface area contributed by atoms with Crippen molar-refractivity contribution in [3.8, 4) is 0 Å². The van der Waals surface area contributed by atoms with Crippen LogP contribution in [0.15, 0.2) is 5.38 Å². The smallest absolute Gasteiger partial charge is 0.348 e. The fraction of sp³-hybridized carbons (Fsp3) is 0.364. The van der Waals surface area contributed by atoms with Crippen LogP contribution in [0, 0.1) is 6.92 Å². The third kappa shape index (κ3) is 3.07. The molecule has 1 saturated heterocycles. The number of aromatic carboxylic acids is 1. The van der Waals surface area contributed by atoms with E-state index in [0.29, 0.717) is 22.9 Å². The van der Waals surface area contributed by atoms with Crippen molar-refractivity contribution in [1.29, 1.82) is 0 Å². The van der Waals surface area contributed by atoms with E-state index in [4.69, 9.17) is 5.11 Å². The van der Waals surface area contributed by atoms with Crippen LogP contribution in [0.2, 0.25) is 0 Å². The maximum atomic E-state index is 11.8. The highest BCUT2D eigenvalue weighted by atomic mass is 32.2. The number of hydrogen-bond acceptors (Lipinski definition) is 5. The number of aryl methyl sites for hydroxylation is 1. The third-order valence-electron chi connectivity index (χ3n) is 2.59. The fourth-order valence-electron chi connectivity index (χ4n) is 1.65. The van der Waals surface area contributed by atoms with Gasteiger partial charge in [-0.2, -0.15) is 0 Å². The van der Waals surface area contributed by atoms with Gasteiger partial charge in [0, 0.05) is 0 Å². The second-order valence-electron chi connectivity index (χ2n) is 4.05. The first-order valence-corrected chi connectivity index (χ1v) is 7.49. The van der Waals surface area contributed by atoms with Gasteiger partial charge in [-0.05, 0) is 17.9 Å². The summed E-state index contributed by atoms with van der Waals surface area (Å²) in [5.41, 5.74) is 1.03. The minimum atomic E-state index is -1.07. The molecule has 102 valence electrons. The van der Waals surface area contributed by atoms with Gasteiger partial charge in [0.25, 0.3) is 0 Å². The molecule has 2 N–H and O–H groups in total. The third-order valence-corrected chi connectivity index (χ3v) is 4.62. The van der Waals surface area contributed by atoms with Crippen LogP contribution >= 0.6 is 23.1 Å². The predicted octanol–water partition coefficient (Wildman–Crippen LogP) is 1.23. The van der Waals surface area contributed by atoms with Gasteiger partial charge in [-0.25, -0.2) is 4.79 Å². The molecule has 0 atom stereocenters. The first-order chi connectivity index (χ1) is 8.99. The molecule has 1 fully saturated rings. The van der Waals surface area contributed by atoms with E-state index in [-0.39, 0.29) is 23.2 Å². The summed E-state index contributed by atoms with van der Waals surface area (Å²) in [6.07, 6.45) is 0. The molecule has 2 amide bonds. The maximum absolute atomic E-state index is 11.8. The van der Waals surface area contributed by atoms with Crippen molar-refractivity contribution in [1.82, 2.24) is 4.90 Å². The summed E-state index contributed by atoms with van der Waals surface area (Å²) < 4.78 is 0. The predicted molar refractivity (Wildman–Crippen MR) is 73.7 cm³/mol. The minimum Gasteiger partial charge on any atom is -0.477 e. The molecular formula is C11H12N2O4S2. The van der Waals surface area contributed by atoms with Crippen LogP contribution < -0.4 is 5.32 Å². The van der Waals surface area contributed by atoms with Crippen molar-refractivity contribution in [3.63, 3.8) is 0 Å². The number of carboxylic acid groups (broad SMARTS) is 1. The average molecular weight is 300 g/mol. The van der Waals surface area contributed by atoms with Gasteiger partial charge in [0.2, 0.25) is 11.8 Å². The second kappa shape index (κ2) is 5.62. The van der Waals surface area contributed by atoms with Crippen molar-refractivity contribution < 1.29 is 19.5 Å². The zero-order valence-electron chi connectivity index (χ0n) is 10.1. The molecule has 1 aromatic heterocycles. The Bertz CT molecular complexity index is 541. The van der Waals surface area contributed by atoms with Crippen LogP contribution in [0.1, 0.15) is 15.2 Å². The number of carbonyl (C=O) groups is 3. The van der Waals surface area contributed by atoms with E-state index in [1.807, 2.05) is 0 Å². The Morgan fingerprint density at radius 2 is 2.26 bits per heavy atom. The first-order valence-electron chi connectivity index (χ1n) is 5.46. The number of hydrogen-bond donors (Lipinski definition) is 2. The Balaban J connectivity index is 2.04. The summed E-state index contributed by atoms with van der Waals surface area (Å²) in [4.78, 5) is 35.8. The quantitative estimate of drug-likeness (QED) is 0.873. The van der Waals surface area contributed by atoms with Crippen LogP contribution in [0.5, 0.6) is 0 Å². The van der Waals surface area contributed by atoms with Gasteiger partial charge in [0.05, 0.1) is 17.3 Å². The van der Waals surface area contributed by atoms with Gasteiger partial charge in [0.1, 0.15) is 11.4 Å². The van der Waals surface area contributed by atoms with Gasteiger partial charge >= 0.3 is 5.97 Å². The molecule has 0 aliphatic carbocycles. The lowest BCUT2D eigenvalue weighted by molar-refractivity contribution is -0.130. The first kappa shape index (κ1) is 13.9. The number of thiophene rings is 1. The SMILES string of the molecule is Cc1csc(C(=O)O)c1NC(=O)CN1CSCC1=O. The monoisotopic (exact) mass is 300 g/mol. The van der Waals surface area contributed by atoms with Gasteiger partial charge in [-0.1, -0.05) is 0 Å². The summed E-state index contributed by atoms with van der Waals surface area (Å²) in [7, 11) is 0. The van der Waals surface area contributed by atoms with E-state index < -0.39 is 5.97 Å². The van der Waals surface area contributed by atoms with E-state index >= 15 is 0 Å². The molecule has 19 heavy (non-hydrogen) atoms. The van der Waals surface area contributed by atoms with Gasteiger partial charge in [-0.15, -0.1) is 23.1 Å². The number of carbonyl (C=O) groups excluding carboxylic acids is 2. The molecule has 0 spiro atoms. The summed E-state index contributed by atoms with van der Waals surface area (Å²) in [6, 6.07) is 0. The number of carboxylic acids is 1. The lowest BCUT2D eigenvalue weighted by Gasteiger charge is -2.14. The molecule has 2 rings (SSSR count). The largest absolute Gasteiger partial charge is 0.477 e. The van der Waals surface area contributed by atoms with E-state index in [1.54, 1.807) is 12.3 Å². The van der Waals surface area contributed by atoms with Gasteiger partial charge in [0.15, 0.2) is 0 Å². The lowest BCUT2D eigenvalue weighted by Crippen LogP contribution is -2.34. The molecule has 0 bridgehead atoms. The Morgan fingerprint density at radius 3 is 2.84 bits per heavy atom.